The number of para-hydroxylation sites is 2. The van der Waals surface area contributed by atoms with Crippen molar-refractivity contribution in [2.75, 3.05) is 5.32 Å². The summed E-state index contributed by atoms with van der Waals surface area (Å²) in [5, 5.41) is 3.13. The molecule has 2 aromatic carbocycles. The third kappa shape index (κ3) is 2.81. The average molecular weight is 285 g/mol. The molecule has 3 aromatic rings. The zero-order valence-electron chi connectivity index (χ0n) is 11.3. The van der Waals surface area contributed by atoms with Crippen molar-refractivity contribution in [1.82, 2.24) is 9.97 Å². The molecule has 0 saturated heterocycles. The Morgan fingerprint density at radius 3 is 2.52 bits per heavy atom. The number of anilines is 1. The summed E-state index contributed by atoms with van der Waals surface area (Å²) in [6.45, 7) is 1.85. The van der Waals surface area contributed by atoms with Gasteiger partial charge in [-0.2, -0.15) is 0 Å². The molecule has 0 aliphatic rings. The lowest BCUT2D eigenvalue weighted by Crippen LogP contribution is -2.09. The Kier molecular flexibility index (Phi) is 3.48. The predicted molar refractivity (Wildman–Crippen MR) is 77.9 cm³/mol. The summed E-state index contributed by atoms with van der Waals surface area (Å²) >= 11 is 0. The standard InChI is InChI=1S/C16H13F2N3/c1-10(11-6-7-12(17)13(18)8-11)20-16-9-19-14-4-2-3-5-15(14)21-16/h2-10H,1H3,(H,20,21). The minimum absolute atomic E-state index is 0.212. The van der Waals surface area contributed by atoms with Gasteiger partial charge in [-0.1, -0.05) is 18.2 Å². The van der Waals surface area contributed by atoms with Gasteiger partial charge in [-0.3, -0.25) is 4.98 Å². The zero-order chi connectivity index (χ0) is 14.8. The van der Waals surface area contributed by atoms with Crippen LogP contribution >= 0.6 is 0 Å². The minimum atomic E-state index is -0.856. The van der Waals surface area contributed by atoms with E-state index in [2.05, 4.69) is 15.3 Å². The third-order valence-corrected chi connectivity index (χ3v) is 3.26. The van der Waals surface area contributed by atoms with E-state index >= 15 is 0 Å². The molecule has 0 aliphatic heterocycles. The molecular weight excluding hydrogens is 272 g/mol. The molecule has 0 aliphatic carbocycles. The monoisotopic (exact) mass is 285 g/mol. The summed E-state index contributed by atoms with van der Waals surface area (Å²) in [6.07, 6.45) is 1.62. The number of rotatable bonds is 3. The van der Waals surface area contributed by atoms with Crippen LogP contribution in [0.3, 0.4) is 0 Å². The molecule has 21 heavy (non-hydrogen) atoms. The number of hydrogen-bond donors (Lipinski definition) is 1. The van der Waals surface area contributed by atoms with E-state index in [4.69, 9.17) is 0 Å². The van der Waals surface area contributed by atoms with Crippen molar-refractivity contribution in [1.29, 1.82) is 0 Å². The van der Waals surface area contributed by atoms with Gasteiger partial charge in [-0.15, -0.1) is 0 Å². The van der Waals surface area contributed by atoms with Gasteiger partial charge in [0.05, 0.1) is 23.3 Å². The van der Waals surface area contributed by atoms with E-state index in [9.17, 15) is 8.78 Å². The Bertz CT molecular complexity index is 789. The van der Waals surface area contributed by atoms with E-state index in [1.807, 2.05) is 31.2 Å². The number of hydrogen-bond acceptors (Lipinski definition) is 3. The maximum absolute atomic E-state index is 13.3. The van der Waals surface area contributed by atoms with Crippen molar-refractivity contribution in [3.63, 3.8) is 0 Å². The van der Waals surface area contributed by atoms with E-state index in [1.165, 1.54) is 6.07 Å². The van der Waals surface area contributed by atoms with E-state index < -0.39 is 11.6 Å². The summed E-state index contributed by atoms with van der Waals surface area (Å²) < 4.78 is 26.2. The number of aromatic nitrogens is 2. The van der Waals surface area contributed by atoms with Gasteiger partial charge in [-0.05, 0) is 36.8 Å². The Hall–Kier alpha value is -2.56. The zero-order valence-corrected chi connectivity index (χ0v) is 11.3. The summed E-state index contributed by atoms with van der Waals surface area (Å²) in [6, 6.07) is 11.2. The molecule has 0 bridgehead atoms. The Labute approximate surface area is 120 Å². The van der Waals surface area contributed by atoms with Crippen molar-refractivity contribution >= 4 is 16.9 Å². The molecule has 1 unspecified atom stereocenters. The second-order valence-electron chi connectivity index (χ2n) is 4.78. The second kappa shape index (κ2) is 5.44. The Morgan fingerprint density at radius 2 is 1.76 bits per heavy atom. The van der Waals surface area contributed by atoms with Gasteiger partial charge in [0.1, 0.15) is 5.82 Å². The van der Waals surface area contributed by atoms with Gasteiger partial charge >= 0.3 is 0 Å². The largest absolute Gasteiger partial charge is 0.362 e. The van der Waals surface area contributed by atoms with E-state index in [-0.39, 0.29) is 6.04 Å². The molecule has 1 heterocycles. The topological polar surface area (TPSA) is 37.8 Å². The fourth-order valence-corrected chi connectivity index (χ4v) is 2.11. The highest BCUT2D eigenvalue weighted by Gasteiger charge is 2.10. The molecule has 3 nitrogen and oxygen atoms in total. The van der Waals surface area contributed by atoms with Crippen molar-refractivity contribution < 1.29 is 8.78 Å². The van der Waals surface area contributed by atoms with Crippen LogP contribution in [0.15, 0.2) is 48.7 Å². The first-order valence-corrected chi connectivity index (χ1v) is 6.57. The molecule has 0 radical (unpaired) electrons. The molecule has 3 rings (SSSR count). The van der Waals surface area contributed by atoms with Crippen molar-refractivity contribution in [2.45, 2.75) is 13.0 Å². The van der Waals surface area contributed by atoms with Crippen LogP contribution in [0.1, 0.15) is 18.5 Å². The lowest BCUT2D eigenvalue weighted by atomic mass is 10.1. The van der Waals surface area contributed by atoms with Crippen LogP contribution in [0, 0.1) is 11.6 Å². The maximum Gasteiger partial charge on any atom is 0.159 e. The average Bonchev–Trinajstić information content (AvgIpc) is 2.50. The minimum Gasteiger partial charge on any atom is -0.362 e. The van der Waals surface area contributed by atoms with Crippen molar-refractivity contribution in [3.8, 4) is 0 Å². The Morgan fingerprint density at radius 1 is 1.00 bits per heavy atom. The van der Waals surface area contributed by atoms with Crippen LogP contribution in [0.4, 0.5) is 14.6 Å². The van der Waals surface area contributed by atoms with Crippen LogP contribution in [-0.2, 0) is 0 Å². The van der Waals surface area contributed by atoms with Gasteiger partial charge in [0.15, 0.2) is 11.6 Å². The number of halogens is 2. The summed E-state index contributed by atoms with van der Waals surface area (Å²) in [7, 11) is 0. The predicted octanol–water partition coefficient (Wildman–Crippen LogP) is 4.08. The fraction of sp³-hybridized carbons (Fsp3) is 0.125. The second-order valence-corrected chi connectivity index (χ2v) is 4.78. The first-order valence-electron chi connectivity index (χ1n) is 6.57. The highest BCUT2D eigenvalue weighted by atomic mass is 19.2. The highest BCUT2D eigenvalue weighted by molar-refractivity contribution is 5.75. The molecule has 0 fully saturated rings. The number of nitrogens with zero attached hydrogens (tertiary/aromatic N) is 2. The molecule has 0 amide bonds. The van der Waals surface area contributed by atoms with E-state index in [0.717, 1.165) is 17.1 Å². The van der Waals surface area contributed by atoms with Gasteiger partial charge in [0.2, 0.25) is 0 Å². The van der Waals surface area contributed by atoms with Crippen LogP contribution in [-0.4, -0.2) is 9.97 Å². The van der Waals surface area contributed by atoms with Crippen LogP contribution in [0.5, 0.6) is 0 Å². The molecule has 0 spiro atoms. The Balaban J connectivity index is 1.85. The van der Waals surface area contributed by atoms with E-state index in [1.54, 1.807) is 12.3 Å². The molecular formula is C16H13F2N3. The molecule has 1 N–H and O–H groups in total. The maximum atomic E-state index is 13.3. The number of fused-ring (bicyclic) bond motifs is 1. The number of nitrogens with one attached hydrogen (secondary N) is 1. The van der Waals surface area contributed by atoms with Gasteiger partial charge in [-0.25, -0.2) is 13.8 Å². The van der Waals surface area contributed by atoms with Crippen molar-refractivity contribution in [2.24, 2.45) is 0 Å². The number of benzene rings is 2. The molecule has 5 heteroatoms. The highest BCUT2D eigenvalue weighted by Crippen LogP contribution is 2.20. The quantitative estimate of drug-likeness (QED) is 0.788. The van der Waals surface area contributed by atoms with Gasteiger partial charge in [0, 0.05) is 0 Å². The summed E-state index contributed by atoms with van der Waals surface area (Å²) in [5.74, 6) is -1.12. The lowest BCUT2D eigenvalue weighted by molar-refractivity contribution is 0.506. The van der Waals surface area contributed by atoms with Crippen molar-refractivity contribution in [3.05, 3.63) is 65.9 Å². The summed E-state index contributed by atoms with van der Waals surface area (Å²) in [5.41, 5.74) is 2.23. The fourth-order valence-electron chi connectivity index (χ4n) is 2.11. The normalized spacial score (nSPS) is 12.3. The molecule has 0 saturated carbocycles. The third-order valence-electron chi connectivity index (χ3n) is 3.26. The molecule has 106 valence electrons. The summed E-state index contributed by atoms with van der Waals surface area (Å²) in [4.78, 5) is 8.74. The van der Waals surface area contributed by atoms with Crippen LogP contribution < -0.4 is 5.32 Å². The molecule has 1 atom stereocenters. The molecule has 1 aromatic heterocycles. The van der Waals surface area contributed by atoms with E-state index in [0.29, 0.717) is 11.4 Å². The first-order chi connectivity index (χ1) is 10.1. The van der Waals surface area contributed by atoms with Gasteiger partial charge in [0.25, 0.3) is 0 Å². The van der Waals surface area contributed by atoms with Gasteiger partial charge < -0.3 is 5.32 Å². The lowest BCUT2D eigenvalue weighted by Gasteiger charge is -2.15. The first kappa shape index (κ1) is 13.4. The van der Waals surface area contributed by atoms with Crippen LogP contribution in [0.2, 0.25) is 0 Å². The SMILES string of the molecule is CC(Nc1cnc2ccccc2n1)c1ccc(F)c(F)c1. The van der Waals surface area contributed by atoms with Crippen LogP contribution in [0.25, 0.3) is 11.0 Å². The smallest absolute Gasteiger partial charge is 0.159 e.